The normalized spacial score (nSPS) is 20.9. The number of carbonyl (C=O) groups excluding carboxylic acids is 2. The first-order valence-electron chi connectivity index (χ1n) is 8.59. The molecule has 0 bridgehead atoms. The molecule has 0 saturated heterocycles. The fourth-order valence-corrected chi connectivity index (χ4v) is 3.12. The fraction of sp³-hybridized carbons (Fsp3) is 0.444. The van der Waals surface area contributed by atoms with E-state index in [1.807, 2.05) is 0 Å². The molecule has 1 heterocycles. The van der Waals surface area contributed by atoms with Gasteiger partial charge in [0.05, 0.1) is 6.10 Å². The van der Waals surface area contributed by atoms with E-state index in [9.17, 15) is 23.1 Å². The number of rotatable bonds is 2. The number of phenols is 1. The number of cyclic esters (lactones) is 1. The van der Waals surface area contributed by atoms with Crippen molar-refractivity contribution in [2.75, 3.05) is 0 Å². The Labute approximate surface area is 157 Å². The topological polar surface area (TPSA) is 127 Å². The van der Waals surface area contributed by atoms with Crippen LogP contribution in [0.3, 0.4) is 0 Å². The molecule has 1 aliphatic rings. The Morgan fingerprint density at radius 2 is 1.89 bits per heavy atom. The summed E-state index contributed by atoms with van der Waals surface area (Å²) in [5, 5.41) is 10.2. The van der Waals surface area contributed by atoms with Gasteiger partial charge in [-0.2, -0.15) is 8.42 Å². The van der Waals surface area contributed by atoms with E-state index in [-0.39, 0.29) is 22.7 Å². The number of ether oxygens (including phenoxy) is 1. The second kappa shape index (κ2) is 9.01. The highest BCUT2D eigenvalue weighted by Gasteiger charge is 2.22. The SMILES string of the molecule is C[C@H]1CCCC(=O)CCC/C=C\c2cc(OS(=O)(=O)O)cc(O)c2C(=O)O1. The monoisotopic (exact) mass is 398 g/mol. The molecule has 1 aromatic rings. The van der Waals surface area contributed by atoms with E-state index in [2.05, 4.69) is 4.18 Å². The standard InChI is InChI=1S/C18H22O8S/c1-12-6-5-9-14(19)8-4-2-3-7-13-10-15(26-27(22,23)24)11-16(20)17(13)18(21)25-12/h3,7,10-12,20H,2,4-6,8-9H2,1H3,(H,22,23,24)/b7-3-/t12-/m0/s1. The molecule has 148 valence electrons. The molecule has 0 unspecified atom stereocenters. The Balaban J connectivity index is 2.40. The molecule has 0 spiro atoms. The first-order chi connectivity index (χ1) is 12.7. The quantitative estimate of drug-likeness (QED) is 0.575. The lowest BCUT2D eigenvalue weighted by molar-refractivity contribution is -0.119. The van der Waals surface area contributed by atoms with Gasteiger partial charge in [-0.3, -0.25) is 9.35 Å². The molecule has 9 heteroatoms. The molecule has 0 amide bonds. The minimum Gasteiger partial charge on any atom is -0.507 e. The third-order valence-electron chi connectivity index (χ3n) is 4.03. The number of benzene rings is 1. The maximum atomic E-state index is 12.5. The molecule has 8 nitrogen and oxygen atoms in total. The average molecular weight is 398 g/mol. The summed E-state index contributed by atoms with van der Waals surface area (Å²) < 4.78 is 40.3. The Kier molecular flexibility index (Phi) is 6.98. The lowest BCUT2D eigenvalue weighted by Crippen LogP contribution is -2.17. The predicted molar refractivity (Wildman–Crippen MR) is 96.9 cm³/mol. The number of hydrogen-bond donors (Lipinski definition) is 2. The van der Waals surface area contributed by atoms with Crippen LogP contribution in [-0.2, 0) is 19.9 Å². The summed E-state index contributed by atoms with van der Waals surface area (Å²) in [6.07, 6.45) is 5.93. The van der Waals surface area contributed by atoms with Gasteiger partial charge in [-0.05, 0) is 44.2 Å². The average Bonchev–Trinajstić information content (AvgIpc) is 2.51. The third-order valence-corrected chi connectivity index (χ3v) is 4.43. The van der Waals surface area contributed by atoms with Gasteiger partial charge in [0.15, 0.2) is 0 Å². The number of ketones is 1. The molecule has 27 heavy (non-hydrogen) atoms. The van der Waals surface area contributed by atoms with Crippen molar-refractivity contribution in [3.8, 4) is 11.5 Å². The predicted octanol–water partition coefficient (Wildman–Crippen LogP) is 3.06. The molecule has 0 aromatic heterocycles. The van der Waals surface area contributed by atoms with Crippen LogP contribution in [0.1, 0.15) is 61.4 Å². The van der Waals surface area contributed by atoms with Gasteiger partial charge < -0.3 is 14.0 Å². The van der Waals surface area contributed by atoms with Crippen molar-refractivity contribution >= 4 is 28.2 Å². The lowest BCUT2D eigenvalue weighted by atomic mass is 10.0. The van der Waals surface area contributed by atoms with Gasteiger partial charge in [-0.1, -0.05) is 12.2 Å². The second-order valence-corrected chi connectivity index (χ2v) is 7.38. The summed E-state index contributed by atoms with van der Waals surface area (Å²) in [6.45, 7) is 1.69. The van der Waals surface area contributed by atoms with E-state index >= 15 is 0 Å². The Morgan fingerprint density at radius 3 is 2.59 bits per heavy atom. The Bertz CT molecular complexity index is 841. The van der Waals surface area contributed by atoms with Gasteiger partial charge in [-0.25, -0.2) is 4.79 Å². The second-order valence-electron chi connectivity index (χ2n) is 6.36. The van der Waals surface area contributed by atoms with E-state index in [0.717, 1.165) is 6.07 Å². The molecule has 0 fully saturated rings. The van der Waals surface area contributed by atoms with Crippen molar-refractivity contribution in [3.63, 3.8) is 0 Å². The third kappa shape index (κ3) is 6.69. The maximum Gasteiger partial charge on any atom is 0.446 e. The molecule has 2 rings (SSSR count). The molecule has 1 aromatic carbocycles. The van der Waals surface area contributed by atoms with Crippen LogP contribution in [0.2, 0.25) is 0 Å². The molecule has 2 N–H and O–H groups in total. The van der Waals surface area contributed by atoms with E-state index in [4.69, 9.17) is 9.29 Å². The van der Waals surface area contributed by atoms with Crippen molar-refractivity contribution in [2.45, 2.75) is 51.6 Å². The molecular formula is C18H22O8S. The van der Waals surface area contributed by atoms with Crippen LogP contribution in [0.4, 0.5) is 0 Å². The first kappa shape index (κ1) is 20.9. The summed E-state index contributed by atoms with van der Waals surface area (Å²) >= 11 is 0. The number of carbonyl (C=O) groups is 2. The molecule has 0 aliphatic carbocycles. The van der Waals surface area contributed by atoms with E-state index in [0.29, 0.717) is 38.5 Å². The van der Waals surface area contributed by atoms with Crippen molar-refractivity contribution in [2.24, 2.45) is 0 Å². The number of phenolic OH excluding ortho intramolecular Hbond substituents is 1. The molecule has 0 radical (unpaired) electrons. The summed E-state index contributed by atoms with van der Waals surface area (Å²) in [7, 11) is -4.79. The van der Waals surface area contributed by atoms with Crippen molar-refractivity contribution in [3.05, 3.63) is 29.3 Å². The number of Topliss-reactive ketones (excluding diaryl/α,β-unsaturated/α-hetero) is 1. The van der Waals surface area contributed by atoms with Crippen LogP contribution in [0.15, 0.2) is 18.2 Å². The van der Waals surface area contributed by atoms with Crippen molar-refractivity contribution in [1.29, 1.82) is 0 Å². The van der Waals surface area contributed by atoms with Crippen LogP contribution in [0, 0.1) is 0 Å². The van der Waals surface area contributed by atoms with Gasteiger partial charge in [0, 0.05) is 18.9 Å². The Morgan fingerprint density at radius 1 is 1.19 bits per heavy atom. The van der Waals surface area contributed by atoms with Gasteiger partial charge >= 0.3 is 16.4 Å². The van der Waals surface area contributed by atoms with E-state index < -0.39 is 28.2 Å². The molecule has 1 aliphatic heterocycles. The first-order valence-corrected chi connectivity index (χ1v) is 9.95. The lowest BCUT2D eigenvalue weighted by Gasteiger charge is -2.16. The van der Waals surface area contributed by atoms with Gasteiger partial charge in [0.2, 0.25) is 0 Å². The highest BCUT2D eigenvalue weighted by atomic mass is 32.3. The summed E-state index contributed by atoms with van der Waals surface area (Å²) in [5.74, 6) is -1.51. The van der Waals surface area contributed by atoms with Crippen molar-refractivity contribution in [1.82, 2.24) is 0 Å². The molecular weight excluding hydrogens is 376 g/mol. The number of aromatic hydroxyl groups is 1. The van der Waals surface area contributed by atoms with Crippen molar-refractivity contribution < 1.29 is 36.6 Å². The van der Waals surface area contributed by atoms with Gasteiger partial charge in [0.1, 0.15) is 22.8 Å². The number of allylic oxidation sites excluding steroid dienone is 1. The smallest absolute Gasteiger partial charge is 0.446 e. The van der Waals surface area contributed by atoms with Crippen LogP contribution < -0.4 is 4.18 Å². The maximum absolute atomic E-state index is 12.5. The highest BCUT2D eigenvalue weighted by molar-refractivity contribution is 7.81. The minimum atomic E-state index is -4.79. The largest absolute Gasteiger partial charge is 0.507 e. The zero-order valence-corrected chi connectivity index (χ0v) is 15.7. The number of fused-ring (bicyclic) bond motifs is 1. The van der Waals surface area contributed by atoms with Crippen LogP contribution in [-0.4, -0.2) is 35.9 Å². The zero-order valence-electron chi connectivity index (χ0n) is 14.9. The summed E-state index contributed by atoms with van der Waals surface area (Å²) in [5.41, 5.74) is 0.0446. The number of hydrogen-bond acceptors (Lipinski definition) is 7. The van der Waals surface area contributed by atoms with Crippen LogP contribution >= 0.6 is 0 Å². The highest BCUT2D eigenvalue weighted by Crippen LogP contribution is 2.31. The molecule has 0 saturated carbocycles. The van der Waals surface area contributed by atoms with Gasteiger partial charge in [-0.15, -0.1) is 0 Å². The summed E-state index contributed by atoms with van der Waals surface area (Å²) in [6, 6.07) is 2.11. The Hall–Kier alpha value is -2.39. The van der Waals surface area contributed by atoms with E-state index in [1.165, 1.54) is 12.1 Å². The zero-order chi connectivity index (χ0) is 20.0. The van der Waals surface area contributed by atoms with Crippen LogP contribution in [0.5, 0.6) is 11.5 Å². The molecule has 1 atom stereocenters. The van der Waals surface area contributed by atoms with Crippen LogP contribution in [0.25, 0.3) is 6.08 Å². The minimum absolute atomic E-state index is 0.131. The number of esters is 1. The van der Waals surface area contributed by atoms with E-state index in [1.54, 1.807) is 13.0 Å². The fourth-order valence-electron chi connectivity index (χ4n) is 2.79. The van der Waals surface area contributed by atoms with Gasteiger partial charge in [0.25, 0.3) is 0 Å². The summed E-state index contributed by atoms with van der Waals surface area (Å²) in [4.78, 5) is 24.3.